The lowest BCUT2D eigenvalue weighted by molar-refractivity contribution is 0.0948. The van der Waals surface area contributed by atoms with Crippen molar-refractivity contribution < 1.29 is 4.79 Å². The number of nitrogens with one attached hydrogen (secondary N) is 1. The second kappa shape index (κ2) is 9.50. The summed E-state index contributed by atoms with van der Waals surface area (Å²) in [5.41, 5.74) is 7.39. The number of carbonyl (C=O) groups excluding carboxylic acids is 1. The van der Waals surface area contributed by atoms with Crippen molar-refractivity contribution in [1.82, 2.24) is 10.2 Å². The number of hydrogen-bond acceptors (Lipinski definition) is 3. The van der Waals surface area contributed by atoms with E-state index in [9.17, 15) is 4.79 Å². The van der Waals surface area contributed by atoms with Crippen molar-refractivity contribution in [2.24, 2.45) is 5.73 Å². The minimum Gasteiger partial charge on any atom is -0.351 e. The van der Waals surface area contributed by atoms with E-state index in [1.54, 1.807) is 0 Å². The number of rotatable bonds is 9. The van der Waals surface area contributed by atoms with Crippen LogP contribution >= 0.6 is 0 Å². The van der Waals surface area contributed by atoms with Gasteiger partial charge < -0.3 is 16.0 Å². The first kappa shape index (κ1) is 16.7. The Labute approximate surface area is 122 Å². The molecule has 0 aliphatic rings. The molecule has 112 valence electrons. The second-order valence-corrected chi connectivity index (χ2v) is 4.93. The Morgan fingerprint density at radius 3 is 2.45 bits per heavy atom. The molecule has 0 saturated heterocycles. The first-order valence-corrected chi connectivity index (χ1v) is 7.50. The van der Waals surface area contributed by atoms with Gasteiger partial charge in [-0.15, -0.1) is 0 Å². The van der Waals surface area contributed by atoms with E-state index in [1.807, 2.05) is 24.3 Å². The maximum atomic E-state index is 12.0. The monoisotopic (exact) mass is 277 g/mol. The van der Waals surface area contributed by atoms with E-state index in [0.29, 0.717) is 18.7 Å². The summed E-state index contributed by atoms with van der Waals surface area (Å²) in [7, 11) is 0. The zero-order chi connectivity index (χ0) is 14.8. The molecule has 0 atom stereocenters. The summed E-state index contributed by atoms with van der Waals surface area (Å²) < 4.78 is 0. The predicted molar refractivity (Wildman–Crippen MR) is 83.9 cm³/mol. The fourth-order valence-corrected chi connectivity index (χ4v) is 2.16. The Morgan fingerprint density at radius 1 is 1.20 bits per heavy atom. The lowest BCUT2D eigenvalue weighted by Gasteiger charge is -2.19. The number of nitrogens with zero attached hydrogens (tertiary/aromatic N) is 1. The summed E-state index contributed by atoms with van der Waals surface area (Å²) in [4.78, 5) is 14.3. The number of nitrogens with two attached hydrogens (primary N) is 1. The third-order valence-corrected chi connectivity index (χ3v) is 3.35. The van der Waals surface area contributed by atoms with Crippen LogP contribution in [0.4, 0.5) is 0 Å². The molecule has 0 heterocycles. The molecule has 0 aliphatic heterocycles. The van der Waals surface area contributed by atoms with Crippen LogP contribution in [0.5, 0.6) is 0 Å². The molecular weight excluding hydrogens is 250 g/mol. The molecule has 4 nitrogen and oxygen atoms in total. The highest BCUT2D eigenvalue weighted by Gasteiger charge is 2.06. The van der Waals surface area contributed by atoms with E-state index in [4.69, 9.17) is 5.73 Å². The van der Waals surface area contributed by atoms with Gasteiger partial charge in [0.05, 0.1) is 0 Å². The van der Waals surface area contributed by atoms with Crippen molar-refractivity contribution >= 4 is 5.91 Å². The summed E-state index contributed by atoms with van der Waals surface area (Å²) >= 11 is 0. The highest BCUT2D eigenvalue weighted by molar-refractivity contribution is 5.94. The van der Waals surface area contributed by atoms with Gasteiger partial charge in [0.25, 0.3) is 5.91 Å². The second-order valence-electron chi connectivity index (χ2n) is 4.93. The third-order valence-electron chi connectivity index (χ3n) is 3.35. The maximum absolute atomic E-state index is 12.0. The summed E-state index contributed by atoms with van der Waals surface area (Å²) in [6.07, 6.45) is 1.99. The van der Waals surface area contributed by atoms with Crippen LogP contribution in [0.3, 0.4) is 0 Å². The third kappa shape index (κ3) is 5.72. The predicted octanol–water partition coefficient (Wildman–Crippen LogP) is 1.65. The normalized spacial score (nSPS) is 10.8. The van der Waals surface area contributed by atoms with Gasteiger partial charge in [0, 0.05) is 18.7 Å². The Kier molecular flexibility index (Phi) is 7.92. The molecule has 1 amide bonds. The Morgan fingerprint density at radius 2 is 1.90 bits per heavy atom. The van der Waals surface area contributed by atoms with Crippen molar-refractivity contribution in [3.63, 3.8) is 0 Å². The lowest BCUT2D eigenvalue weighted by atomic mass is 10.1. The van der Waals surface area contributed by atoms with Gasteiger partial charge in [-0.3, -0.25) is 4.79 Å². The van der Waals surface area contributed by atoms with Crippen LogP contribution in [0.25, 0.3) is 0 Å². The average molecular weight is 277 g/mol. The summed E-state index contributed by atoms with van der Waals surface area (Å²) in [6.45, 7) is 8.66. The Hall–Kier alpha value is -1.39. The molecule has 0 aliphatic carbocycles. The summed E-state index contributed by atoms with van der Waals surface area (Å²) in [6, 6.07) is 7.67. The number of amides is 1. The van der Waals surface area contributed by atoms with Crippen molar-refractivity contribution in [1.29, 1.82) is 0 Å². The average Bonchev–Trinajstić information content (AvgIpc) is 2.47. The number of carbonyl (C=O) groups is 1. The minimum absolute atomic E-state index is 0.00292. The fourth-order valence-electron chi connectivity index (χ4n) is 2.16. The molecular formula is C16H27N3O. The molecule has 1 rings (SSSR count). The first-order chi connectivity index (χ1) is 9.71. The molecule has 0 radical (unpaired) electrons. The van der Waals surface area contributed by atoms with Crippen LogP contribution in [-0.2, 0) is 6.42 Å². The van der Waals surface area contributed by atoms with E-state index in [0.717, 1.165) is 32.5 Å². The van der Waals surface area contributed by atoms with E-state index in [-0.39, 0.29) is 5.91 Å². The van der Waals surface area contributed by atoms with Crippen LogP contribution in [0, 0.1) is 0 Å². The van der Waals surface area contributed by atoms with Gasteiger partial charge >= 0.3 is 0 Å². The van der Waals surface area contributed by atoms with Crippen molar-refractivity contribution in [2.75, 3.05) is 32.7 Å². The molecule has 3 N–H and O–H groups in total. The number of likely N-dealkylation sites (N-methyl/N-ethyl adjacent to an activating group) is 1. The fraction of sp³-hybridized carbons (Fsp3) is 0.562. The van der Waals surface area contributed by atoms with Gasteiger partial charge in [0.1, 0.15) is 0 Å². The summed E-state index contributed by atoms with van der Waals surface area (Å²) in [5, 5.41) is 2.97. The van der Waals surface area contributed by atoms with Gasteiger partial charge in [-0.1, -0.05) is 26.0 Å². The van der Waals surface area contributed by atoms with Crippen LogP contribution in [-0.4, -0.2) is 43.5 Å². The molecule has 0 saturated carbocycles. The lowest BCUT2D eigenvalue weighted by Crippen LogP contribution is -2.35. The molecule has 0 bridgehead atoms. The molecule has 0 unspecified atom stereocenters. The Bertz CT molecular complexity index is 389. The van der Waals surface area contributed by atoms with E-state index >= 15 is 0 Å². The standard InChI is InChI=1S/C16H27N3O/c1-3-12-19(4-2)13-11-18-16(20)15-7-5-14(6-8-15)9-10-17/h5-8H,3-4,9-13,17H2,1-2H3,(H,18,20). The zero-order valence-electron chi connectivity index (χ0n) is 12.7. The molecule has 4 heteroatoms. The van der Waals surface area contributed by atoms with Gasteiger partial charge in [0.15, 0.2) is 0 Å². The van der Waals surface area contributed by atoms with Gasteiger partial charge in [-0.05, 0) is 50.2 Å². The largest absolute Gasteiger partial charge is 0.351 e. The van der Waals surface area contributed by atoms with Crippen LogP contribution < -0.4 is 11.1 Å². The van der Waals surface area contributed by atoms with E-state index in [2.05, 4.69) is 24.1 Å². The number of hydrogen-bond donors (Lipinski definition) is 2. The van der Waals surface area contributed by atoms with Gasteiger partial charge in [-0.25, -0.2) is 0 Å². The molecule has 0 aromatic heterocycles. The highest BCUT2D eigenvalue weighted by Crippen LogP contribution is 2.04. The number of benzene rings is 1. The molecule has 20 heavy (non-hydrogen) atoms. The van der Waals surface area contributed by atoms with Gasteiger partial charge in [-0.2, -0.15) is 0 Å². The molecule has 1 aromatic rings. The molecule has 0 spiro atoms. The SMILES string of the molecule is CCCN(CC)CCNC(=O)c1ccc(CCN)cc1. The smallest absolute Gasteiger partial charge is 0.251 e. The van der Waals surface area contributed by atoms with Gasteiger partial charge in [0.2, 0.25) is 0 Å². The minimum atomic E-state index is -0.00292. The molecule has 1 aromatic carbocycles. The van der Waals surface area contributed by atoms with Crippen molar-refractivity contribution in [2.45, 2.75) is 26.7 Å². The van der Waals surface area contributed by atoms with E-state index < -0.39 is 0 Å². The summed E-state index contributed by atoms with van der Waals surface area (Å²) in [5.74, 6) is -0.00292. The van der Waals surface area contributed by atoms with Crippen molar-refractivity contribution in [3.8, 4) is 0 Å². The zero-order valence-corrected chi connectivity index (χ0v) is 12.7. The van der Waals surface area contributed by atoms with Crippen LogP contribution in [0.15, 0.2) is 24.3 Å². The highest BCUT2D eigenvalue weighted by atomic mass is 16.1. The maximum Gasteiger partial charge on any atom is 0.251 e. The van der Waals surface area contributed by atoms with Crippen molar-refractivity contribution in [3.05, 3.63) is 35.4 Å². The molecule has 0 fully saturated rings. The van der Waals surface area contributed by atoms with E-state index in [1.165, 1.54) is 5.56 Å². The topological polar surface area (TPSA) is 58.4 Å². The van der Waals surface area contributed by atoms with Crippen LogP contribution in [0.1, 0.15) is 36.2 Å². The first-order valence-electron chi connectivity index (χ1n) is 7.50. The quantitative estimate of drug-likeness (QED) is 0.721. The van der Waals surface area contributed by atoms with Crippen LogP contribution in [0.2, 0.25) is 0 Å². The Balaban J connectivity index is 2.38.